The van der Waals surface area contributed by atoms with E-state index in [0.717, 1.165) is 22.6 Å². The highest BCUT2D eigenvalue weighted by atomic mass is 32.2. The van der Waals surface area contributed by atoms with E-state index in [4.69, 9.17) is 9.15 Å². The molecule has 3 aromatic rings. The minimum Gasteiger partial charge on any atom is -0.495 e. The van der Waals surface area contributed by atoms with Crippen molar-refractivity contribution >= 4 is 31.8 Å². The third-order valence-corrected chi connectivity index (χ3v) is 4.18. The Morgan fingerprint density at radius 1 is 1.05 bits per heavy atom. The molecule has 4 nitrogen and oxygen atoms in total. The largest absolute Gasteiger partial charge is 0.495 e. The normalized spacial score (nSPS) is 12.1. The van der Waals surface area contributed by atoms with Crippen LogP contribution in [-0.2, 0) is 9.84 Å². The lowest BCUT2D eigenvalue weighted by Crippen LogP contribution is -2.00. The molecule has 1 heterocycles. The van der Waals surface area contributed by atoms with Gasteiger partial charge in [0.2, 0.25) is 0 Å². The van der Waals surface area contributed by atoms with E-state index >= 15 is 0 Å². The third-order valence-electron chi connectivity index (χ3n) is 3.06. The summed E-state index contributed by atoms with van der Waals surface area (Å²) in [6.45, 7) is 0. The molecule has 0 aliphatic heterocycles. The first-order chi connectivity index (χ1) is 9.00. The highest BCUT2D eigenvalue weighted by Gasteiger charge is 2.18. The van der Waals surface area contributed by atoms with Gasteiger partial charge in [-0.25, -0.2) is 8.42 Å². The zero-order valence-electron chi connectivity index (χ0n) is 10.5. The molecule has 0 fully saturated rings. The van der Waals surface area contributed by atoms with Crippen LogP contribution in [0.3, 0.4) is 0 Å². The molecule has 0 saturated heterocycles. The molecule has 0 N–H and O–H groups in total. The summed E-state index contributed by atoms with van der Waals surface area (Å²) >= 11 is 0. The number of fused-ring (bicyclic) bond motifs is 3. The SMILES string of the molecule is COc1cc2c(cc1S(C)(=O)=O)oc1ccccc12. The molecule has 0 amide bonds. The molecular formula is C14H12O4S. The van der Waals surface area contributed by atoms with Gasteiger partial charge in [-0.3, -0.25) is 0 Å². The Balaban J connectivity index is 2.47. The smallest absolute Gasteiger partial charge is 0.179 e. The van der Waals surface area contributed by atoms with E-state index in [1.54, 1.807) is 6.07 Å². The van der Waals surface area contributed by atoms with Crippen molar-refractivity contribution in [1.29, 1.82) is 0 Å². The van der Waals surface area contributed by atoms with Crippen LogP contribution in [-0.4, -0.2) is 21.8 Å². The Morgan fingerprint density at radius 3 is 2.47 bits per heavy atom. The van der Waals surface area contributed by atoms with E-state index in [1.165, 1.54) is 13.2 Å². The molecule has 0 unspecified atom stereocenters. The van der Waals surface area contributed by atoms with Crippen LogP contribution in [0, 0.1) is 0 Å². The van der Waals surface area contributed by atoms with Gasteiger partial charge in [-0.1, -0.05) is 18.2 Å². The average molecular weight is 276 g/mol. The second kappa shape index (κ2) is 3.99. The van der Waals surface area contributed by atoms with Crippen molar-refractivity contribution in [2.24, 2.45) is 0 Å². The maximum absolute atomic E-state index is 11.7. The lowest BCUT2D eigenvalue weighted by Gasteiger charge is -2.06. The summed E-state index contributed by atoms with van der Waals surface area (Å²) in [6.07, 6.45) is 1.15. The Bertz CT molecular complexity index is 875. The Labute approximate surface area is 110 Å². The van der Waals surface area contributed by atoms with Crippen molar-refractivity contribution in [2.45, 2.75) is 4.90 Å². The van der Waals surface area contributed by atoms with E-state index in [-0.39, 0.29) is 4.90 Å². The minimum atomic E-state index is -3.36. The van der Waals surface area contributed by atoms with E-state index in [9.17, 15) is 8.42 Å². The van der Waals surface area contributed by atoms with Gasteiger partial charge in [0, 0.05) is 23.1 Å². The van der Waals surface area contributed by atoms with E-state index in [2.05, 4.69) is 0 Å². The summed E-state index contributed by atoms with van der Waals surface area (Å²) in [5.41, 5.74) is 1.27. The lowest BCUT2D eigenvalue weighted by molar-refractivity contribution is 0.403. The summed E-state index contributed by atoms with van der Waals surface area (Å²) in [6, 6.07) is 10.8. The van der Waals surface area contributed by atoms with Crippen molar-refractivity contribution in [1.82, 2.24) is 0 Å². The fourth-order valence-electron chi connectivity index (χ4n) is 2.18. The van der Waals surface area contributed by atoms with Crippen molar-refractivity contribution in [3.63, 3.8) is 0 Å². The molecule has 3 rings (SSSR count). The van der Waals surface area contributed by atoms with Gasteiger partial charge < -0.3 is 9.15 Å². The molecule has 1 aromatic heterocycles. The van der Waals surface area contributed by atoms with Gasteiger partial charge >= 0.3 is 0 Å². The number of sulfone groups is 1. The topological polar surface area (TPSA) is 56.5 Å². The molecule has 0 aliphatic carbocycles. The third kappa shape index (κ3) is 1.86. The highest BCUT2D eigenvalue weighted by Crippen LogP contribution is 2.35. The summed E-state index contributed by atoms with van der Waals surface area (Å²) in [4.78, 5) is 0.140. The van der Waals surface area contributed by atoms with Gasteiger partial charge in [0.1, 0.15) is 21.8 Å². The molecule has 5 heteroatoms. The maximum atomic E-state index is 11.7. The second-order valence-electron chi connectivity index (χ2n) is 4.37. The van der Waals surface area contributed by atoms with E-state index in [0.29, 0.717) is 11.3 Å². The molecule has 0 spiro atoms. The van der Waals surface area contributed by atoms with Gasteiger partial charge in [-0.15, -0.1) is 0 Å². The van der Waals surface area contributed by atoms with Gasteiger partial charge in [0.25, 0.3) is 0 Å². The predicted molar refractivity (Wildman–Crippen MR) is 73.4 cm³/mol. The van der Waals surface area contributed by atoms with Gasteiger partial charge in [-0.2, -0.15) is 0 Å². The number of hydrogen-bond donors (Lipinski definition) is 0. The first-order valence-corrected chi connectivity index (χ1v) is 7.59. The molecular weight excluding hydrogens is 264 g/mol. The minimum absolute atomic E-state index is 0.140. The second-order valence-corrected chi connectivity index (χ2v) is 6.35. The van der Waals surface area contributed by atoms with Crippen LogP contribution in [0.5, 0.6) is 5.75 Å². The lowest BCUT2D eigenvalue weighted by atomic mass is 10.1. The van der Waals surface area contributed by atoms with Crippen LogP contribution in [0.15, 0.2) is 45.7 Å². The molecule has 0 saturated carbocycles. The van der Waals surface area contributed by atoms with Crippen molar-refractivity contribution < 1.29 is 17.6 Å². The van der Waals surface area contributed by atoms with E-state index in [1.807, 2.05) is 24.3 Å². The first-order valence-electron chi connectivity index (χ1n) is 5.70. The van der Waals surface area contributed by atoms with Gasteiger partial charge in [0.05, 0.1) is 7.11 Å². The number of methoxy groups -OCH3 is 1. The number of ether oxygens (including phenoxy) is 1. The Kier molecular flexibility index (Phi) is 2.53. The molecule has 0 aliphatic rings. The number of para-hydroxylation sites is 1. The van der Waals surface area contributed by atoms with Crippen LogP contribution in [0.4, 0.5) is 0 Å². The number of furan rings is 1. The first kappa shape index (κ1) is 12.0. The van der Waals surface area contributed by atoms with Crippen LogP contribution >= 0.6 is 0 Å². The quantitative estimate of drug-likeness (QED) is 0.722. The van der Waals surface area contributed by atoms with Crippen LogP contribution in [0.2, 0.25) is 0 Å². The van der Waals surface area contributed by atoms with Crippen LogP contribution in [0.25, 0.3) is 21.9 Å². The average Bonchev–Trinajstić information content (AvgIpc) is 2.73. The predicted octanol–water partition coefficient (Wildman–Crippen LogP) is 3.00. The number of hydrogen-bond acceptors (Lipinski definition) is 4. The standard InChI is InChI=1S/C14H12O4S/c1-17-13-7-10-9-5-3-4-6-11(9)18-12(10)8-14(13)19(2,15)16/h3-8H,1-2H3. The summed E-state index contributed by atoms with van der Waals surface area (Å²) in [5, 5.41) is 1.79. The molecule has 2 aromatic carbocycles. The highest BCUT2D eigenvalue weighted by molar-refractivity contribution is 7.90. The molecule has 0 bridgehead atoms. The maximum Gasteiger partial charge on any atom is 0.179 e. The van der Waals surface area contributed by atoms with Crippen LogP contribution in [0.1, 0.15) is 0 Å². The Morgan fingerprint density at radius 2 is 1.79 bits per heavy atom. The molecule has 0 radical (unpaired) electrons. The van der Waals surface area contributed by atoms with Crippen LogP contribution < -0.4 is 4.74 Å². The van der Waals surface area contributed by atoms with Crippen molar-refractivity contribution in [3.8, 4) is 5.75 Å². The zero-order valence-corrected chi connectivity index (χ0v) is 11.3. The van der Waals surface area contributed by atoms with Gasteiger partial charge in [0.15, 0.2) is 9.84 Å². The molecule has 0 atom stereocenters. The summed E-state index contributed by atoms with van der Waals surface area (Å²) in [5.74, 6) is 0.335. The monoisotopic (exact) mass is 276 g/mol. The molecule has 19 heavy (non-hydrogen) atoms. The van der Waals surface area contributed by atoms with Gasteiger partial charge in [-0.05, 0) is 12.1 Å². The number of benzene rings is 2. The molecule has 98 valence electrons. The van der Waals surface area contributed by atoms with E-state index < -0.39 is 9.84 Å². The Hall–Kier alpha value is -2.01. The number of rotatable bonds is 2. The van der Waals surface area contributed by atoms with Crippen molar-refractivity contribution in [2.75, 3.05) is 13.4 Å². The fraction of sp³-hybridized carbons (Fsp3) is 0.143. The fourth-order valence-corrected chi connectivity index (χ4v) is 3.01. The zero-order chi connectivity index (χ0) is 13.6. The summed E-state index contributed by atoms with van der Waals surface area (Å²) in [7, 11) is -1.90. The van der Waals surface area contributed by atoms with Crippen molar-refractivity contribution in [3.05, 3.63) is 36.4 Å². The summed E-state index contributed by atoms with van der Waals surface area (Å²) < 4.78 is 34.3.